The molecule has 1 rings (SSSR count). The van der Waals surface area contributed by atoms with E-state index in [4.69, 9.17) is 0 Å². The molecule has 2 N–H and O–H groups in total. The van der Waals surface area contributed by atoms with Crippen LogP contribution in [0.2, 0.25) is 0 Å². The summed E-state index contributed by atoms with van der Waals surface area (Å²) in [6, 6.07) is 3.43. The second-order valence-electron chi connectivity index (χ2n) is 3.55. The van der Waals surface area contributed by atoms with E-state index in [-0.39, 0.29) is 11.8 Å². The Balaban J connectivity index is 2.15. The lowest BCUT2D eigenvalue weighted by atomic mass is 10.2. The second kappa shape index (κ2) is 7.38. The maximum absolute atomic E-state index is 11.6. The predicted molar refractivity (Wildman–Crippen MR) is 64.5 cm³/mol. The van der Waals surface area contributed by atoms with E-state index in [1.54, 1.807) is 25.3 Å². The Morgan fingerprint density at radius 3 is 2.71 bits per heavy atom. The van der Waals surface area contributed by atoms with Crippen LogP contribution < -0.4 is 10.6 Å². The van der Waals surface area contributed by atoms with Gasteiger partial charge in [0.25, 0.3) is 5.91 Å². The lowest BCUT2D eigenvalue weighted by Gasteiger charge is -2.05. The van der Waals surface area contributed by atoms with Crippen LogP contribution in [0.4, 0.5) is 0 Å². The van der Waals surface area contributed by atoms with Gasteiger partial charge in [0.1, 0.15) is 0 Å². The van der Waals surface area contributed by atoms with Crippen molar-refractivity contribution in [3.8, 4) is 0 Å². The zero-order valence-electron chi connectivity index (χ0n) is 9.90. The molecular weight excluding hydrogens is 218 g/mol. The highest BCUT2D eigenvalue weighted by molar-refractivity contribution is 5.93. The zero-order chi connectivity index (χ0) is 12.5. The van der Waals surface area contributed by atoms with Gasteiger partial charge in [-0.2, -0.15) is 0 Å². The fraction of sp³-hybridized carbons (Fsp3) is 0.417. The van der Waals surface area contributed by atoms with Crippen LogP contribution in [-0.2, 0) is 4.79 Å². The quantitative estimate of drug-likeness (QED) is 0.714. The van der Waals surface area contributed by atoms with E-state index in [2.05, 4.69) is 15.6 Å². The highest BCUT2D eigenvalue weighted by atomic mass is 16.2. The van der Waals surface area contributed by atoms with E-state index in [9.17, 15) is 9.59 Å². The lowest BCUT2D eigenvalue weighted by molar-refractivity contribution is -0.120. The van der Waals surface area contributed by atoms with E-state index >= 15 is 0 Å². The minimum absolute atomic E-state index is 0.0311. The van der Waals surface area contributed by atoms with E-state index in [1.165, 1.54) is 6.20 Å². The monoisotopic (exact) mass is 235 g/mol. The number of nitrogens with one attached hydrogen (secondary N) is 2. The molecule has 0 atom stereocenters. The van der Waals surface area contributed by atoms with Crippen molar-refractivity contribution in [2.45, 2.75) is 19.8 Å². The molecule has 0 aliphatic carbocycles. The van der Waals surface area contributed by atoms with Crippen molar-refractivity contribution in [3.63, 3.8) is 0 Å². The minimum Gasteiger partial charge on any atom is -0.356 e. The molecule has 17 heavy (non-hydrogen) atoms. The fourth-order valence-electron chi connectivity index (χ4n) is 1.24. The molecule has 2 amide bonds. The number of aromatic nitrogens is 1. The van der Waals surface area contributed by atoms with Gasteiger partial charge in [-0.3, -0.25) is 14.6 Å². The molecule has 5 nitrogen and oxygen atoms in total. The van der Waals surface area contributed by atoms with Gasteiger partial charge < -0.3 is 10.6 Å². The molecule has 0 aromatic carbocycles. The summed E-state index contributed by atoms with van der Waals surface area (Å²) in [6.45, 7) is 2.93. The number of carbonyl (C=O) groups is 2. The number of hydrogen-bond acceptors (Lipinski definition) is 3. The van der Waals surface area contributed by atoms with Crippen molar-refractivity contribution >= 4 is 11.8 Å². The van der Waals surface area contributed by atoms with Crippen LogP contribution in [0, 0.1) is 0 Å². The molecule has 0 saturated heterocycles. The maximum atomic E-state index is 11.6. The van der Waals surface area contributed by atoms with Crippen molar-refractivity contribution in [3.05, 3.63) is 30.1 Å². The molecule has 1 heterocycles. The third-order valence-electron chi connectivity index (χ3n) is 2.21. The minimum atomic E-state index is -0.139. The SMILES string of the molecule is CCC(=O)NCCCNC(=O)c1cccnc1. The van der Waals surface area contributed by atoms with Crippen LogP contribution in [0.25, 0.3) is 0 Å². The van der Waals surface area contributed by atoms with Crippen LogP contribution in [0.1, 0.15) is 30.1 Å². The van der Waals surface area contributed by atoms with Gasteiger partial charge in [-0.1, -0.05) is 6.92 Å². The van der Waals surface area contributed by atoms with Crippen molar-refractivity contribution in [1.82, 2.24) is 15.6 Å². The second-order valence-corrected chi connectivity index (χ2v) is 3.55. The standard InChI is InChI=1S/C12H17N3O2/c1-2-11(16)14-7-4-8-15-12(17)10-5-3-6-13-9-10/h3,5-6,9H,2,4,7-8H2,1H3,(H,14,16)(H,15,17). The Hall–Kier alpha value is -1.91. The third kappa shape index (κ3) is 5.10. The molecule has 0 saturated carbocycles. The first-order valence-electron chi connectivity index (χ1n) is 5.69. The van der Waals surface area contributed by atoms with Crippen molar-refractivity contribution in [1.29, 1.82) is 0 Å². The highest BCUT2D eigenvalue weighted by Gasteiger charge is 2.03. The Morgan fingerprint density at radius 2 is 2.06 bits per heavy atom. The number of hydrogen-bond donors (Lipinski definition) is 2. The van der Waals surface area contributed by atoms with Gasteiger partial charge in [0.15, 0.2) is 0 Å². The van der Waals surface area contributed by atoms with Crippen LogP contribution in [0.15, 0.2) is 24.5 Å². The third-order valence-corrected chi connectivity index (χ3v) is 2.21. The average molecular weight is 235 g/mol. The summed E-state index contributed by atoms with van der Waals surface area (Å²) in [5.74, 6) is -0.108. The number of pyridine rings is 1. The Kier molecular flexibility index (Phi) is 5.71. The molecule has 0 fully saturated rings. The van der Waals surface area contributed by atoms with Crippen LogP contribution in [-0.4, -0.2) is 29.9 Å². The average Bonchev–Trinajstić information content (AvgIpc) is 2.38. The van der Waals surface area contributed by atoms with Crippen LogP contribution >= 0.6 is 0 Å². The smallest absolute Gasteiger partial charge is 0.252 e. The molecule has 0 aliphatic rings. The number of carbonyl (C=O) groups excluding carboxylic acids is 2. The highest BCUT2D eigenvalue weighted by Crippen LogP contribution is 1.94. The Bertz CT molecular complexity index is 365. The van der Waals surface area contributed by atoms with Gasteiger partial charge in [-0.25, -0.2) is 0 Å². The first kappa shape index (κ1) is 13.2. The Labute approximate surface area is 101 Å². The summed E-state index contributed by atoms with van der Waals surface area (Å²) in [5.41, 5.74) is 0.546. The van der Waals surface area contributed by atoms with Crippen molar-refractivity contribution in [2.24, 2.45) is 0 Å². The largest absolute Gasteiger partial charge is 0.356 e. The summed E-state index contributed by atoms with van der Waals surface area (Å²) < 4.78 is 0. The lowest BCUT2D eigenvalue weighted by Crippen LogP contribution is -2.29. The van der Waals surface area contributed by atoms with Crippen molar-refractivity contribution in [2.75, 3.05) is 13.1 Å². The summed E-state index contributed by atoms with van der Waals surface area (Å²) >= 11 is 0. The fourth-order valence-corrected chi connectivity index (χ4v) is 1.24. The molecular formula is C12H17N3O2. The van der Waals surface area contributed by atoms with Gasteiger partial charge in [0, 0.05) is 31.9 Å². The van der Waals surface area contributed by atoms with E-state index in [0.29, 0.717) is 25.1 Å². The maximum Gasteiger partial charge on any atom is 0.252 e. The molecule has 0 spiro atoms. The normalized spacial score (nSPS) is 9.71. The van der Waals surface area contributed by atoms with E-state index in [1.807, 2.05) is 0 Å². The molecule has 92 valence electrons. The van der Waals surface area contributed by atoms with Gasteiger partial charge in [-0.05, 0) is 18.6 Å². The van der Waals surface area contributed by atoms with Gasteiger partial charge in [0.2, 0.25) is 5.91 Å². The predicted octanol–water partition coefficient (Wildman–Crippen LogP) is 0.728. The summed E-state index contributed by atoms with van der Waals surface area (Å²) in [5, 5.41) is 5.50. The van der Waals surface area contributed by atoms with E-state index < -0.39 is 0 Å². The first-order chi connectivity index (χ1) is 8.24. The van der Waals surface area contributed by atoms with E-state index in [0.717, 1.165) is 6.42 Å². The number of rotatable bonds is 6. The van der Waals surface area contributed by atoms with Gasteiger partial charge in [0.05, 0.1) is 5.56 Å². The van der Waals surface area contributed by atoms with Crippen molar-refractivity contribution < 1.29 is 9.59 Å². The van der Waals surface area contributed by atoms with Crippen LogP contribution in [0.3, 0.4) is 0 Å². The summed E-state index contributed by atoms with van der Waals surface area (Å²) in [7, 11) is 0. The topological polar surface area (TPSA) is 71.1 Å². The molecule has 1 aromatic heterocycles. The summed E-state index contributed by atoms with van der Waals surface area (Å²) in [4.78, 5) is 26.3. The molecule has 5 heteroatoms. The molecule has 1 aromatic rings. The summed E-state index contributed by atoms with van der Waals surface area (Å²) in [6.07, 6.45) is 4.35. The Morgan fingerprint density at radius 1 is 1.29 bits per heavy atom. The first-order valence-corrected chi connectivity index (χ1v) is 5.69. The van der Waals surface area contributed by atoms with Crippen LogP contribution in [0.5, 0.6) is 0 Å². The molecule has 0 aliphatic heterocycles. The molecule has 0 unspecified atom stereocenters. The van der Waals surface area contributed by atoms with Gasteiger partial charge >= 0.3 is 0 Å². The molecule has 0 bridgehead atoms. The number of nitrogens with zero attached hydrogens (tertiary/aromatic N) is 1. The number of amides is 2. The molecule has 0 radical (unpaired) electrons. The van der Waals surface area contributed by atoms with Gasteiger partial charge in [-0.15, -0.1) is 0 Å². The zero-order valence-corrected chi connectivity index (χ0v) is 9.90.